The molecule has 0 aromatic carbocycles. The van der Waals surface area contributed by atoms with Crippen LogP contribution in [0.15, 0.2) is 0 Å². The molecule has 1 aliphatic carbocycles. The van der Waals surface area contributed by atoms with E-state index in [1.165, 1.54) is 25.7 Å². The van der Waals surface area contributed by atoms with E-state index in [1.807, 2.05) is 4.90 Å². The maximum atomic E-state index is 12.1. The molecule has 2 rings (SSSR count). The minimum absolute atomic E-state index is 0.176. The second-order valence-corrected chi connectivity index (χ2v) is 5.12. The molecule has 4 heteroatoms. The number of carbonyl (C=O) groups is 1. The summed E-state index contributed by atoms with van der Waals surface area (Å²) in [6, 6.07) is 1.00. The summed E-state index contributed by atoms with van der Waals surface area (Å²) >= 11 is 0. The fraction of sp³-hybridized carbons (Fsp3) is 0.923. The van der Waals surface area contributed by atoms with E-state index in [0.717, 1.165) is 19.5 Å². The molecule has 4 nitrogen and oxygen atoms in total. The number of rotatable bonds is 7. The van der Waals surface area contributed by atoms with E-state index in [1.54, 1.807) is 0 Å². The highest BCUT2D eigenvalue weighted by Gasteiger charge is 2.34. The van der Waals surface area contributed by atoms with E-state index in [4.69, 9.17) is 4.74 Å². The Kier molecular flexibility index (Phi) is 4.80. The number of hydrogen-bond acceptors (Lipinski definition) is 3. The molecule has 17 heavy (non-hydrogen) atoms. The van der Waals surface area contributed by atoms with Crippen molar-refractivity contribution in [3.8, 4) is 0 Å². The van der Waals surface area contributed by atoms with Crippen molar-refractivity contribution in [2.24, 2.45) is 0 Å². The van der Waals surface area contributed by atoms with Gasteiger partial charge in [-0.1, -0.05) is 6.92 Å². The van der Waals surface area contributed by atoms with Gasteiger partial charge in [0, 0.05) is 25.2 Å². The lowest BCUT2D eigenvalue weighted by Crippen LogP contribution is -2.44. The fourth-order valence-electron chi connectivity index (χ4n) is 2.38. The molecule has 1 unspecified atom stereocenters. The van der Waals surface area contributed by atoms with Gasteiger partial charge in [0.1, 0.15) is 6.61 Å². The lowest BCUT2D eigenvalue weighted by Gasteiger charge is -2.25. The molecule has 1 saturated heterocycles. The molecule has 1 aliphatic heterocycles. The molecular weight excluding hydrogens is 216 g/mol. The first-order chi connectivity index (χ1) is 8.31. The third-order valence-corrected chi connectivity index (χ3v) is 3.46. The summed E-state index contributed by atoms with van der Waals surface area (Å²) in [7, 11) is 0. The Morgan fingerprint density at radius 2 is 2.24 bits per heavy atom. The first-order valence-electron chi connectivity index (χ1n) is 6.92. The highest BCUT2D eigenvalue weighted by molar-refractivity contribution is 5.78. The predicted molar refractivity (Wildman–Crippen MR) is 66.9 cm³/mol. The zero-order valence-electron chi connectivity index (χ0n) is 10.8. The summed E-state index contributed by atoms with van der Waals surface area (Å²) in [5.41, 5.74) is 0. The third kappa shape index (κ3) is 3.96. The van der Waals surface area contributed by atoms with Crippen molar-refractivity contribution in [2.45, 2.75) is 51.1 Å². The van der Waals surface area contributed by atoms with E-state index in [2.05, 4.69) is 12.2 Å². The van der Waals surface area contributed by atoms with Crippen LogP contribution >= 0.6 is 0 Å². The third-order valence-electron chi connectivity index (χ3n) is 3.46. The van der Waals surface area contributed by atoms with Crippen LogP contribution < -0.4 is 5.32 Å². The fourth-order valence-corrected chi connectivity index (χ4v) is 2.38. The minimum atomic E-state index is 0.176. The highest BCUT2D eigenvalue weighted by Crippen LogP contribution is 2.27. The molecule has 1 amide bonds. The van der Waals surface area contributed by atoms with Gasteiger partial charge >= 0.3 is 0 Å². The predicted octanol–water partition coefficient (Wildman–Crippen LogP) is 1.16. The van der Waals surface area contributed by atoms with E-state index < -0.39 is 0 Å². The second-order valence-electron chi connectivity index (χ2n) is 5.12. The van der Waals surface area contributed by atoms with Crippen LogP contribution in [0.5, 0.6) is 0 Å². The van der Waals surface area contributed by atoms with Crippen molar-refractivity contribution in [3.05, 3.63) is 0 Å². The molecule has 1 heterocycles. The van der Waals surface area contributed by atoms with E-state index in [9.17, 15) is 4.79 Å². The molecule has 1 saturated carbocycles. The quantitative estimate of drug-likeness (QED) is 0.679. The maximum absolute atomic E-state index is 12.1. The Morgan fingerprint density at radius 3 is 2.82 bits per heavy atom. The zero-order chi connectivity index (χ0) is 12.1. The number of nitrogens with zero attached hydrogens (tertiary/aromatic N) is 1. The maximum Gasteiger partial charge on any atom is 0.248 e. The Morgan fingerprint density at radius 1 is 1.41 bits per heavy atom. The number of ether oxygens (including phenoxy) is 1. The summed E-state index contributed by atoms with van der Waals surface area (Å²) in [6.07, 6.45) is 5.76. The monoisotopic (exact) mass is 240 g/mol. The van der Waals surface area contributed by atoms with Crippen molar-refractivity contribution in [2.75, 3.05) is 26.3 Å². The highest BCUT2D eigenvalue weighted by atomic mass is 16.5. The van der Waals surface area contributed by atoms with Crippen LogP contribution in [0.4, 0.5) is 0 Å². The van der Waals surface area contributed by atoms with Gasteiger partial charge in [0.15, 0.2) is 0 Å². The molecule has 1 N–H and O–H groups in total. The summed E-state index contributed by atoms with van der Waals surface area (Å²) < 4.78 is 5.36. The molecular formula is C13H24N2O2. The van der Waals surface area contributed by atoms with Crippen LogP contribution in [0.25, 0.3) is 0 Å². The summed E-state index contributed by atoms with van der Waals surface area (Å²) in [5, 5.41) is 3.46. The van der Waals surface area contributed by atoms with Gasteiger partial charge in [-0.3, -0.25) is 4.79 Å². The van der Waals surface area contributed by atoms with Crippen LogP contribution in [-0.4, -0.2) is 49.2 Å². The van der Waals surface area contributed by atoms with Gasteiger partial charge in [0.05, 0.1) is 0 Å². The Hall–Kier alpha value is -0.610. The smallest absolute Gasteiger partial charge is 0.248 e. The Balaban J connectivity index is 1.76. The molecule has 0 radical (unpaired) electrons. The molecule has 98 valence electrons. The average molecular weight is 240 g/mol. The topological polar surface area (TPSA) is 41.6 Å². The van der Waals surface area contributed by atoms with Crippen molar-refractivity contribution in [1.29, 1.82) is 0 Å². The number of hydrogen-bond donors (Lipinski definition) is 1. The van der Waals surface area contributed by atoms with Gasteiger partial charge in [0.25, 0.3) is 0 Å². The summed E-state index contributed by atoms with van der Waals surface area (Å²) in [6.45, 7) is 4.98. The largest absolute Gasteiger partial charge is 0.372 e. The van der Waals surface area contributed by atoms with Crippen LogP contribution in [0.2, 0.25) is 0 Å². The Labute approximate surface area is 104 Å². The van der Waals surface area contributed by atoms with Crippen LogP contribution in [0.1, 0.15) is 39.0 Å². The molecule has 0 bridgehead atoms. The molecule has 0 aromatic heterocycles. The molecule has 2 aliphatic rings. The normalized spacial score (nSPS) is 23.9. The minimum Gasteiger partial charge on any atom is -0.372 e. The van der Waals surface area contributed by atoms with Gasteiger partial charge in [0.2, 0.25) is 5.91 Å². The zero-order valence-corrected chi connectivity index (χ0v) is 10.8. The standard InChI is InChI=1S/C13H24N2O2/c1-2-8-17-10-13(16)15(12-5-6-12)9-11-4-3-7-14-11/h11-12,14H,2-10H2,1H3. The average Bonchev–Trinajstić information content (AvgIpc) is 3.03. The number of nitrogens with one attached hydrogen (secondary N) is 1. The summed E-state index contributed by atoms with van der Waals surface area (Å²) in [4.78, 5) is 14.1. The molecule has 1 atom stereocenters. The molecule has 0 spiro atoms. The van der Waals surface area contributed by atoms with Crippen LogP contribution in [0.3, 0.4) is 0 Å². The number of carbonyl (C=O) groups excluding carboxylic acids is 1. The van der Waals surface area contributed by atoms with E-state index in [0.29, 0.717) is 18.7 Å². The molecule has 2 fully saturated rings. The first kappa shape index (κ1) is 12.8. The second kappa shape index (κ2) is 6.36. The first-order valence-corrected chi connectivity index (χ1v) is 6.92. The van der Waals surface area contributed by atoms with Gasteiger partial charge < -0.3 is 15.0 Å². The van der Waals surface area contributed by atoms with Gasteiger partial charge in [-0.2, -0.15) is 0 Å². The van der Waals surface area contributed by atoms with Crippen LogP contribution in [-0.2, 0) is 9.53 Å². The van der Waals surface area contributed by atoms with E-state index >= 15 is 0 Å². The van der Waals surface area contributed by atoms with Crippen molar-refractivity contribution in [1.82, 2.24) is 10.2 Å². The van der Waals surface area contributed by atoms with Gasteiger partial charge in [-0.05, 0) is 38.6 Å². The van der Waals surface area contributed by atoms with Crippen LogP contribution in [0, 0.1) is 0 Å². The Bertz CT molecular complexity index is 248. The van der Waals surface area contributed by atoms with Crippen molar-refractivity contribution >= 4 is 5.91 Å². The van der Waals surface area contributed by atoms with Gasteiger partial charge in [-0.15, -0.1) is 0 Å². The van der Waals surface area contributed by atoms with E-state index in [-0.39, 0.29) is 12.5 Å². The number of amides is 1. The van der Waals surface area contributed by atoms with Gasteiger partial charge in [-0.25, -0.2) is 0 Å². The van der Waals surface area contributed by atoms with Crippen molar-refractivity contribution in [3.63, 3.8) is 0 Å². The lowest BCUT2D eigenvalue weighted by atomic mass is 10.2. The molecule has 0 aromatic rings. The SMILES string of the molecule is CCCOCC(=O)N(CC1CCCN1)C1CC1. The summed E-state index contributed by atoms with van der Waals surface area (Å²) in [5.74, 6) is 0.176. The lowest BCUT2D eigenvalue weighted by molar-refractivity contribution is -0.137. The van der Waals surface area contributed by atoms with Crippen molar-refractivity contribution < 1.29 is 9.53 Å².